The van der Waals surface area contributed by atoms with Gasteiger partial charge in [-0.3, -0.25) is 4.79 Å². The second-order valence-corrected chi connectivity index (χ2v) is 6.28. The summed E-state index contributed by atoms with van der Waals surface area (Å²) in [5.41, 5.74) is 0.494. The van der Waals surface area contributed by atoms with E-state index in [9.17, 15) is 4.79 Å². The van der Waals surface area contributed by atoms with E-state index in [1.54, 1.807) is 18.2 Å². The second-order valence-electron chi connectivity index (χ2n) is 5.50. The summed E-state index contributed by atoms with van der Waals surface area (Å²) < 4.78 is 0. The largest absolute Gasteiger partial charge is 0.337 e. The van der Waals surface area contributed by atoms with Crippen LogP contribution < -0.4 is 5.32 Å². The van der Waals surface area contributed by atoms with Gasteiger partial charge in [-0.15, -0.1) is 0 Å². The Hall–Kier alpha value is -0.770. The van der Waals surface area contributed by atoms with Crippen molar-refractivity contribution in [3.05, 3.63) is 33.8 Å². The van der Waals surface area contributed by atoms with Crippen LogP contribution in [0.2, 0.25) is 10.0 Å². The van der Waals surface area contributed by atoms with Gasteiger partial charge in [0, 0.05) is 19.1 Å². The van der Waals surface area contributed by atoms with Gasteiger partial charge >= 0.3 is 0 Å². The summed E-state index contributed by atoms with van der Waals surface area (Å²) in [7, 11) is 0. The van der Waals surface area contributed by atoms with Crippen LogP contribution in [0.4, 0.5) is 0 Å². The van der Waals surface area contributed by atoms with Crippen LogP contribution in [0.3, 0.4) is 0 Å². The van der Waals surface area contributed by atoms with Gasteiger partial charge in [-0.05, 0) is 37.9 Å². The summed E-state index contributed by atoms with van der Waals surface area (Å²) in [5.74, 6) is -0.0308. The summed E-state index contributed by atoms with van der Waals surface area (Å²) in [6.07, 6.45) is 4.50. The molecule has 0 spiro atoms. The fourth-order valence-corrected chi connectivity index (χ4v) is 3.11. The molecule has 1 fully saturated rings. The van der Waals surface area contributed by atoms with E-state index in [4.69, 9.17) is 23.2 Å². The van der Waals surface area contributed by atoms with Crippen LogP contribution in [0.15, 0.2) is 18.2 Å². The molecule has 0 radical (unpaired) electrons. The molecule has 0 aliphatic carbocycles. The monoisotopic (exact) mass is 328 g/mol. The molecule has 1 N–H and O–H groups in total. The van der Waals surface area contributed by atoms with Crippen LogP contribution in [0.1, 0.15) is 43.0 Å². The van der Waals surface area contributed by atoms with Gasteiger partial charge in [-0.2, -0.15) is 0 Å². The summed E-state index contributed by atoms with van der Waals surface area (Å²) >= 11 is 12.2. The molecule has 3 nitrogen and oxygen atoms in total. The Balaban J connectivity index is 2.12. The van der Waals surface area contributed by atoms with Gasteiger partial charge in [-0.1, -0.05) is 42.6 Å². The Morgan fingerprint density at radius 3 is 2.86 bits per heavy atom. The third-order valence-electron chi connectivity index (χ3n) is 3.82. The topological polar surface area (TPSA) is 32.3 Å². The standard InChI is InChI=1S/C16H22Cl2N2O/c1-2-10-20(11-12-6-3-4-9-19-12)16(21)13-7-5-8-14(17)15(13)18/h5,7-8,12,19H,2-4,6,9-11H2,1H3. The van der Waals surface area contributed by atoms with Gasteiger partial charge in [-0.25, -0.2) is 0 Å². The maximum absolute atomic E-state index is 12.7. The summed E-state index contributed by atoms with van der Waals surface area (Å²) in [6, 6.07) is 5.60. The van der Waals surface area contributed by atoms with E-state index in [0.717, 1.165) is 32.5 Å². The van der Waals surface area contributed by atoms with Gasteiger partial charge in [0.2, 0.25) is 0 Å². The van der Waals surface area contributed by atoms with Crippen LogP contribution in [0.5, 0.6) is 0 Å². The molecule has 1 unspecified atom stereocenters. The number of hydrogen-bond donors (Lipinski definition) is 1. The van der Waals surface area contributed by atoms with Crippen molar-refractivity contribution in [3.8, 4) is 0 Å². The lowest BCUT2D eigenvalue weighted by molar-refractivity contribution is 0.0732. The molecule has 1 atom stereocenters. The lowest BCUT2D eigenvalue weighted by Gasteiger charge is -2.30. The molecule has 1 heterocycles. The van der Waals surface area contributed by atoms with E-state index in [-0.39, 0.29) is 5.91 Å². The highest BCUT2D eigenvalue weighted by Gasteiger charge is 2.23. The molecule has 1 amide bonds. The van der Waals surface area contributed by atoms with Crippen LogP contribution in [0, 0.1) is 0 Å². The molecular weight excluding hydrogens is 307 g/mol. The molecule has 1 saturated heterocycles. The predicted octanol–water partition coefficient (Wildman–Crippen LogP) is 3.99. The minimum absolute atomic E-state index is 0.0308. The first-order valence-corrected chi connectivity index (χ1v) is 8.35. The fourth-order valence-electron chi connectivity index (χ4n) is 2.73. The minimum atomic E-state index is -0.0308. The Labute approximate surface area is 136 Å². The number of halogens is 2. The Morgan fingerprint density at radius 2 is 2.19 bits per heavy atom. The zero-order valence-electron chi connectivity index (χ0n) is 12.4. The molecule has 21 heavy (non-hydrogen) atoms. The SMILES string of the molecule is CCCN(CC1CCCCN1)C(=O)c1cccc(Cl)c1Cl. The highest BCUT2D eigenvalue weighted by molar-refractivity contribution is 6.43. The first-order chi connectivity index (χ1) is 10.1. The van der Waals surface area contributed by atoms with Gasteiger partial charge in [0.25, 0.3) is 5.91 Å². The van der Waals surface area contributed by atoms with E-state index in [1.807, 2.05) is 4.90 Å². The quantitative estimate of drug-likeness (QED) is 0.886. The molecule has 2 rings (SSSR count). The first-order valence-electron chi connectivity index (χ1n) is 7.60. The average molecular weight is 329 g/mol. The number of nitrogens with zero attached hydrogens (tertiary/aromatic N) is 1. The minimum Gasteiger partial charge on any atom is -0.337 e. The zero-order chi connectivity index (χ0) is 15.2. The summed E-state index contributed by atoms with van der Waals surface area (Å²) in [6.45, 7) is 4.58. The molecule has 0 bridgehead atoms. The van der Waals surface area contributed by atoms with E-state index in [2.05, 4.69) is 12.2 Å². The molecule has 0 saturated carbocycles. The summed E-state index contributed by atoms with van der Waals surface area (Å²) in [5, 5.41) is 4.26. The van der Waals surface area contributed by atoms with Crippen molar-refractivity contribution in [1.29, 1.82) is 0 Å². The molecule has 0 aromatic heterocycles. The number of benzene rings is 1. The van der Waals surface area contributed by atoms with Crippen molar-refractivity contribution in [2.24, 2.45) is 0 Å². The van der Waals surface area contributed by atoms with E-state index in [0.29, 0.717) is 21.7 Å². The number of rotatable bonds is 5. The Morgan fingerprint density at radius 1 is 1.38 bits per heavy atom. The highest BCUT2D eigenvalue weighted by Crippen LogP contribution is 2.26. The number of amides is 1. The Kier molecular flexibility index (Phi) is 6.34. The molecule has 1 aromatic rings. The smallest absolute Gasteiger partial charge is 0.255 e. The predicted molar refractivity (Wildman–Crippen MR) is 88.3 cm³/mol. The highest BCUT2D eigenvalue weighted by atomic mass is 35.5. The third-order valence-corrected chi connectivity index (χ3v) is 4.63. The molecule has 1 aromatic carbocycles. The normalized spacial score (nSPS) is 18.5. The van der Waals surface area contributed by atoms with Crippen molar-refractivity contribution in [2.45, 2.75) is 38.6 Å². The van der Waals surface area contributed by atoms with Crippen LogP contribution in [-0.4, -0.2) is 36.5 Å². The molecular formula is C16H22Cl2N2O. The zero-order valence-corrected chi connectivity index (χ0v) is 13.9. The van der Waals surface area contributed by atoms with E-state index < -0.39 is 0 Å². The first kappa shape index (κ1) is 16.6. The van der Waals surface area contributed by atoms with Gasteiger partial charge < -0.3 is 10.2 Å². The van der Waals surface area contributed by atoms with Gasteiger partial charge in [0.1, 0.15) is 0 Å². The van der Waals surface area contributed by atoms with Gasteiger partial charge in [0.05, 0.1) is 15.6 Å². The maximum atomic E-state index is 12.7. The van der Waals surface area contributed by atoms with Crippen molar-refractivity contribution in [2.75, 3.05) is 19.6 Å². The number of carbonyl (C=O) groups excluding carboxylic acids is 1. The van der Waals surface area contributed by atoms with E-state index in [1.165, 1.54) is 12.8 Å². The third kappa shape index (κ3) is 4.35. The van der Waals surface area contributed by atoms with Crippen LogP contribution in [-0.2, 0) is 0 Å². The van der Waals surface area contributed by atoms with Crippen LogP contribution in [0.25, 0.3) is 0 Å². The average Bonchev–Trinajstić information content (AvgIpc) is 2.50. The second kappa shape index (κ2) is 8.02. The summed E-state index contributed by atoms with van der Waals surface area (Å²) in [4.78, 5) is 14.6. The van der Waals surface area contributed by atoms with Crippen LogP contribution >= 0.6 is 23.2 Å². The molecule has 116 valence electrons. The van der Waals surface area contributed by atoms with Crippen molar-refractivity contribution in [3.63, 3.8) is 0 Å². The number of nitrogens with one attached hydrogen (secondary N) is 1. The van der Waals surface area contributed by atoms with Crippen molar-refractivity contribution < 1.29 is 4.79 Å². The fraction of sp³-hybridized carbons (Fsp3) is 0.562. The number of piperidine rings is 1. The van der Waals surface area contributed by atoms with Gasteiger partial charge in [0.15, 0.2) is 0 Å². The lowest BCUT2D eigenvalue weighted by atomic mass is 10.0. The number of hydrogen-bond acceptors (Lipinski definition) is 2. The van der Waals surface area contributed by atoms with E-state index >= 15 is 0 Å². The maximum Gasteiger partial charge on any atom is 0.255 e. The van der Waals surface area contributed by atoms with Crippen molar-refractivity contribution >= 4 is 29.1 Å². The van der Waals surface area contributed by atoms with Crippen molar-refractivity contribution in [1.82, 2.24) is 10.2 Å². The Bertz CT molecular complexity index is 487. The molecule has 5 heteroatoms. The number of carbonyl (C=O) groups is 1. The lowest BCUT2D eigenvalue weighted by Crippen LogP contribution is -2.46. The molecule has 1 aliphatic rings. The molecule has 1 aliphatic heterocycles.